The minimum atomic E-state index is -0.209. The average molecular weight is 152 g/mol. The summed E-state index contributed by atoms with van der Waals surface area (Å²) in [7, 11) is 0. The lowest BCUT2D eigenvalue weighted by Gasteiger charge is -1.98. The maximum Gasteiger partial charge on any atom is 0.177 e. The van der Waals surface area contributed by atoms with Crippen molar-refractivity contribution in [2.45, 2.75) is 25.9 Å². The number of carbonyl (C=O) groups is 1. The molecule has 0 aromatic rings. The SMILES string of the molecule is CC(=O)C1=NOC(CC#N)C1. The highest BCUT2D eigenvalue weighted by Crippen LogP contribution is 2.13. The monoisotopic (exact) mass is 152 g/mol. The summed E-state index contributed by atoms with van der Waals surface area (Å²) in [6.45, 7) is 1.44. The fourth-order valence-corrected chi connectivity index (χ4v) is 0.848. The van der Waals surface area contributed by atoms with E-state index in [4.69, 9.17) is 10.1 Å². The Morgan fingerprint density at radius 2 is 2.73 bits per heavy atom. The molecule has 0 aliphatic carbocycles. The van der Waals surface area contributed by atoms with E-state index < -0.39 is 0 Å². The lowest BCUT2D eigenvalue weighted by atomic mass is 10.1. The van der Waals surface area contributed by atoms with Crippen molar-refractivity contribution < 1.29 is 9.63 Å². The third-order valence-corrected chi connectivity index (χ3v) is 1.46. The Kier molecular flexibility index (Phi) is 2.21. The van der Waals surface area contributed by atoms with Crippen molar-refractivity contribution in [2.75, 3.05) is 0 Å². The lowest BCUT2D eigenvalue weighted by molar-refractivity contribution is -0.111. The molecule has 0 aromatic heterocycles. The molecule has 1 aliphatic rings. The van der Waals surface area contributed by atoms with E-state index in [1.54, 1.807) is 0 Å². The Bertz CT molecular complexity index is 239. The highest BCUT2D eigenvalue weighted by molar-refractivity contribution is 6.39. The quantitative estimate of drug-likeness (QED) is 0.583. The fraction of sp³-hybridized carbons (Fsp3) is 0.571. The second-order valence-electron chi connectivity index (χ2n) is 2.39. The van der Waals surface area contributed by atoms with Crippen molar-refractivity contribution in [3.63, 3.8) is 0 Å². The molecule has 0 aromatic carbocycles. The van der Waals surface area contributed by atoms with Crippen LogP contribution in [0.15, 0.2) is 5.16 Å². The first-order valence-electron chi connectivity index (χ1n) is 3.34. The summed E-state index contributed by atoms with van der Waals surface area (Å²) >= 11 is 0. The second kappa shape index (κ2) is 3.15. The maximum absolute atomic E-state index is 10.7. The molecular formula is C7H8N2O2. The van der Waals surface area contributed by atoms with Crippen LogP contribution in [-0.2, 0) is 9.63 Å². The minimum absolute atomic E-state index is 0.0783. The zero-order valence-corrected chi connectivity index (χ0v) is 6.20. The first-order valence-corrected chi connectivity index (χ1v) is 3.34. The molecule has 0 saturated carbocycles. The molecule has 11 heavy (non-hydrogen) atoms. The summed E-state index contributed by atoms with van der Waals surface area (Å²) < 4.78 is 0. The van der Waals surface area contributed by atoms with Crippen molar-refractivity contribution in [2.24, 2.45) is 5.16 Å². The highest BCUT2D eigenvalue weighted by atomic mass is 16.6. The van der Waals surface area contributed by atoms with E-state index in [0.717, 1.165) is 0 Å². The van der Waals surface area contributed by atoms with Crippen molar-refractivity contribution in [3.05, 3.63) is 0 Å². The van der Waals surface area contributed by atoms with E-state index in [9.17, 15) is 4.79 Å². The Balaban J connectivity index is 2.44. The van der Waals surface area contributed by atoms with Gasteiger partial charge in [0.05, 0.1) is 12.5 Å². The number of ketones is 1. The van der Waals surface area contributed by atoms with Gasteiger partial charge in [-0.25, -0.2) is 0 Å². The molecule has 1 unspecified atom stereocenters. The number of carbonyl (C=O) groups excluding carboxylic acids is 1. The Morgan fingerprint density at radius 3 is 3.18 bits per heavy atom. The molecule has 1 atom stereocenters. The molecule has 58 valence electrons. The van der Waals surface area contributed by atoms with Gasteiger partial charge in [-0.15, -0.1) is 0 Å². The number of hydrogen-bond acceptors (Lipinski definition) is 4. The van der Waals surface area contributed by atoms with Crippen LogP contribution in [0.4, 0.5) is 0 Å². The van der Waals surface area contributed by atoms with Crippen molar-refractivity contribution in [1.82, 2.24) is 0 Å². The van der Waals surface area contributed by atoms with Gasteiger partial charge >= 0.3 is 0 Å². The third-order valence-electron chi connectivity index (χ3n) is 1.46. The van der Waals surface area contributed by atoms with Gasteiger partial charge in [0.1, 0.15) is 11.8 Å². The minimum Gasteiger partial charge on any atom is -0.391 e. The van der Waals surface area contributed by atoms with Gasteiger partial charge < -0.3 is 4.84 Å². The summed E-state index contributed by atoms with van der Waals surface area (Å²) in [6.07, 6.45) is 0.558. The first kappa shape index (κ1) is 7.73. The molecule has 0 amide bonds. The molecule has 0 bridgehead atoms. The Hall–Kier alpha value is -1.37. The third kappa shape index (κ3) is 1.77. The molecule has 1 aliphatic heterocycles. The standard InChI is InChI=1S/C7H8N2O2/c1-5(10)7-4-6(2-3-8)11-9-7/h6H,2,4H2,1H3. The molecule has 0 fully saturated rings. The molecule has 0 spiro atoms. The maximum atomic E-state index is 10.7. The zero-order valence-electron chi connectivity index (χ0n) is 6.20. The summed E-state index contributed by atoms with van der Waals surface area (Å²) in [4.78, 5) is 15.5. The average Bonchev–Trinajstić information content (AvgIpc) is 2.37. The van der Waals surface area contributed by atoms with E-state index in [2.05, 4.69) is 5.16 Å². The van der Waals surface area contributed by atoms with Crippen LogP contribution in [-0.4, -0.2) is 17.6 Å². The van der Waals surface area contributed by atoms with Crippen LogP contribution >= 0.6 is 0 Å². The molecule has 1 rings (SSSR count). The van der Waals surface area contributed by atoms with E-state index >= 15 is 0 Å². The van der Waals surface area contributed by atoms with Gasteiger partial charge in [0.2, 0.25) is 0 Å². The van der Waals surface area contributed by atoms with Crippen LogP contribution in [0, 0.1) is 11.3 Å². The van der Waals surface area contributed by atoms with Crippen molar-refractivity contribution in [1.29, 1.82) is 5.26 Å². The predicted octanol–water partition coefficient (Wildman–Crippen LogP) is 0.634. The number of oxime groups is 1. The van der Waals surface area contributed by atoms with Crippen LogP contribution < -0.4 is 0 Å². The smallest absolute Gasteiger partial charge is 0.177 e. The molecule has 0 radical (unpaired) electrons. The van der Waals surface area contributed by atoms with Crippen molar-refractivity contribution in [3.8, 4) is 6.07 Å². The highest BCUT2D eigenvalue weighted by Gasteiger charge is 2.22. The van der Waals surface area contributed by atoms with Crippen LogP contribution in [0.1, 0.15) is 19.8 Å². The molecule has 0 saturated heterocycles. The van der Waals surface area contributed by atoms with Crippen LogP contribution in [0.5, 0.6) is 0 Å². The summed E-state index contributed by atoms with van der Waals surface area (Å²) in [6, 6.07) is 1.96. The van der Waals surface area contributed by atoms with Crippen LogP contribution in [0.3, 0.4) is 0 Å². The molecule has 4 heteroatoms. The Morgan fingerprint density at radius 1 is 2.00 bits per heavy atom. The van der Waals surface area contributed by atoms with Crippen LogP contribution in [0.2, 0.25) is 0 Å². The molecular weight excluding hydrogens is 144 g/mol. The fourth-order valence-electron chi connectivity index (χ4n) is 0.848. The summed E-state index contributed by atoms with van der Waals surface area (Å²) in [5, 5.41) is 11.8. The largest absolute Gasteiger partial charge is 0.391 e. The number of nitriles is 1. The number of rotatable bonds is 2. The number of Topliss-reactive ketones (excluding diaryl/α,β-unsaturated/α-hetero) is 1. The number of hydrogen-bond donors (Lipinski definition) is 0. The molecule has 0 N–H and O–H groups in total. The van der Waals surface area contributed by atoms with Gasteiger partial charge in [-0.2, -0.15) is 5.26 Å². The van der Waals surface area contributed by atoms with Gasteiger partial charge in [0.25, 0.3) is 0 Å². The zero-order chi connectivity index (χ0) is 8.27. The molecule has 1 heterocycles. The first-order chi connectivity index (χ1) is 5.24. The Labute approximate surface area is 64.4 Å². The van der Waals surface area contributed by atoms with Gasteiger partial charge in [0, 0.05) is 13.3 Å². The van der Waals surface area contributed by atoms with E-state index in [1.165, 1.54) is 6.92 Å². The van der Waals surface area contributed by atoms with E-state index in [0.29, 0.717) is 18.6 Å². The van der Waals surface area contributed by atoms with E-state index in [1.807, 2.05) is 6.07 Å². The van der Waals surface area contributed by atoms with E-state index in [-0.39, 0.29) is 11.9 Å². The molecule has 4 nitrogen and oxygen atoms in total. The van der Waals surface area contributed by atoms with Gasteiger partial charge in [-0.1, -0.05) is 5.16 Å². The topological polar surface area (TPSA) is 62.4 Å². The second-order valence-corrected chi connectivity index (χ2v) is 2.39. The summed E-state index contributed by atoms with van der Waals surface area (Å²) in [5.41, 5.74) is 0.435. The lowest BCUT2D eigenvalue weighted by Crippen LogP contribution is -2.11. The summed E-state index contributed by atoms with van der Waals surface area (Å²) in [5.74, 6) is -0.0783. The predicted molar refractivity (Wildman–Crippen MR) is 37.8 cm³/mol. The van der Waals surface area contributed by atoms with Gasteiger partial charge in [-0.3, -0.25) is 4.79 Å². The van der Waals surface area contributed by atoms with Crippen molar-refractivity contribution >= 4 is 11.5 Å². The number of nitrogens with zero attached hydrogens (tertiary/aromatic N) is 2. The van der Waals surface area contributed by atoms with Gasteiger partial charge in [0.15, 0.2) is 5.78 Å². The van der Waals surface area contributed by atoms with Gasteiger partial charge in [-0.05, 0) is 0 Å². The van der Waals surface area contributed by atoms with Crippen LogP contribution in [0.25, 0.3) is 0 Å². The normalized spacial score (nSPS) is 21.8.